The molecule has 0 unspecified atom stereocenters. The third kappa shape index (κ3) is 1.84. The van der Waals surface area contributed by atoms with Crippen molar-refractivity contribution in [3.63, 3.8) is 0 Å². The highest BCUT2D eigenvalue weighted by molar-refractivity contribution is 9.10. The Morgan fingerprint density at radius 1 is 1.44 bits per heavy atom. The van der Waals surface area contributed by atoms with E-state index in [-0.39, 0.29) is 27.2 Å². The number of anilines is 1. The molecule has 4 nitrogen and oxygen atoms in total. The maximum atomic E-state index is 14.1. The van der Waals surface area contributed by atoms with Crippen molar-refractivity contribution >= 4 is 21.7 Å². The van der Waals surface area contributed by atoms with Gasteiger partial charge in [0.05, 0.1) is 23.3 Å². The summed E-state index contributed by atoms with van der Waals surface area (Å²) in [6.45, 7) is 0. The molecule has 1 aromatic carbocycles. The number of aryl methyl sites for hydroxylation is 1. The van der Waals surface area contributed by atoms with E-state index < -0.39 is 11.6 Å². The van der Waals surface area contributed by atoms with Gasteiger partial charge in [0.25, 0.3) is 0 Å². The van der Waals surface area contributed by atoms with Crippen LogP contribution in [-0.2, 0) is 7.05 Å². The van der Waals surface area contributed by atoms with Crippen molar-refractivity contribution in [3.05, 3.63) is 28.4 Å². The van der Waals surface area contributed by atoms with E-state index in [4.69, 9.17) is 10.5 Å². The highest BCUT2D eigenvalue weighted by Gasteiger charge is 2.22. The lowest BCUT2D eigenvalue weighted by Gasteiger charge is -2.10. The fourth-order valence-corrected chi connectivity index (χ4v) is 2.08. The van der Waals surface area contributed by atoms with Gasteiger partial charge in [-0.15, -0.1) is 0 Å². The Morgan fingerprint density at radius 3 is 2.61 bits per heavy atom. The van der Waals surface area contributed by atoms with E-state index in [0.717, 1.165) is 6.07 Å². The van der Waals surface area contributed by atoms with E-state index in [2.05, 4.69) is 21.0 Å². The highest BCUT2D eigenvalue weighted by Crippen LogP contribution is 2.38. The predicted molar refractivity (Wildman–Crippen MR) is 67.2 cm³/mol. The van der Waals surface area contributed by atoms with Crippen LogP contribution < -0.4 is 10.5 Å². The van der Waals surface area contributed by atoms with Gasteiger partial charge in [0.15, 0.2) is 5.82 Å². The minimum Gasteiger partial charge on any atom is -0.495 e. The number of hydrogen-bond acceptors (Lipinski definition) is 3. The lowest BCUT2D eigenvalue weighted by Crippen LogP contribution is -2.00. The average molecular weight is 318 g/mol. The molecule has 0 aliphatic heterocycles. The number of nitrogens with zero attached hydrogens (tertiary/aromatic N) is 2. The van der Waals surface area contributed by atoms with E-state index >= 15 is 0 Å². The van der Waals surface area contributed by atoms with Crippen molar-refractivity contribution in [1.29, 1.82) is 0 Å². The Morgan fingerprint density at radius 2 is 2.11 bits per heavy atom. The first-order chi connectivity index (χ1) is 8.47. The molecular weight excluding hydrogens is 308 g/mol. The number of hydrogen-bond donors (Lipinski definition) is 1. The van der Waals surface area contributed by atoms with Crippen LogP contribution >= 0.6 is 15.9 Å². The lowest BCUT2D eigenvalue weighted by molar-refractivity contribution is 0.403. The van der Waals surface area contributed by atoms with E-state index in [9.17, 15) is 8.78 Å². The fraction of sp³-hybridized carbons (Fsp3) is 0.182. The second-order valence-electron chi connectivity index (χ2n) is 3.63. The van der Waals surface area contributed by atoms with Gasteiger partial charge >= 0.3 is 0 Å². The van der Waals surface area contributed by atoms with Crippen molar-refractivity contribution in [1.82, 2.24) is 9.78 Å². The number of methoxy groups -OCH3 is 1. The molecule has 0 saturated heterocycles. The van der Waals surface area contributed by atoms with Crippen molar-refractivity contribution in [2.24, 2.45) is 7.05 Å². The second kappa shape index (κ2) is 4.56. The molecule has 2 rings (SSSR count). The summed E-state index contributed by atoms with van der Waals surface area (Å²) in [6.07, 6.45) is 1.32. The van der Waals surface area contributed by atoms with E-state index in [0.29, 0.717) is 0 Å². The molecule has 96 valence electrons. The topological polar surface area (TPSA) is 53.1 Å². The van der Waals surface area contributed by atoms with Gasteiger partial charge in [-0.25, -0.2) is 8.78 Å². The summed E-state index contributed by atoms with van der Waals surface area (Å²) in [5.41, 5.74) is 5.69. The number of nitrogen functional groups attached to an aromatic ring is 1. The van der Waals surface area contributed by atoms with Crippen LogP contribution in [0.3, 0.4) is 0 Å². The summed E-state index contributed by atoms with van der Waals surface area (Å²) < 4.78 is 34.3. The fourth-order valence-electron chi connectivity index (χ4n) is 1.61. The number of halogens is 3. The average Bonchev–Trinajstić information content (AvgIpc) is 2.66. The lowest BCUT2D eigenvalue weighted by atomic mass is 10.1. The van der Waals surface area contributed by atoms with Gasteiger partial charge in [-0.1, -0.05) is 0 Å². The molecular formula is C11H10BrF2N3O. The van der Waals surface area contributed by atoms with Crippen LogP contribution in [0.2, 0.25) is 0 Å². The Labute approximate surface area is 110 Å². The molecule has 0 aliphatic carbocycles. The van der Waals surface area contributed by atoms with Crippen LogP contribution in [0.1, 0.15) is 0 Å². The largest absolute Gasteiger partial charge is 0.495 e. The molecule has 1 heterocycles. The van der Waals surface area contributed by atoms with Crippen LogP contribution in [0.25, 0.3) is 11.1 Å². The van der Waals surface area contributed by atoms with Crippen molar-refractivity contribution in [2.45, 2.75) is 0 Å². The van der Waals surface area contributed by atoms with Crippen molar-refractivity contribution in [2.75, 3.05) is 12.8 Å². The van der Waals surface area contributed by atoms with Gasteiger partial charge in [0.2, 0.25) is 0 Å². The zero-order valence-corrected chi connectivity index (χ0v) is 11.3. The molecule has 0 amide bonds. The molecule has 2 N–H and O–H groups in total. The van der Waals surface area contributed by atoms with Gasteiger partial charge in [0, 0.05) is 18.7 Å². The van der Waals surface area contributed by atoms with Gasteiger partial charge in [-0.2, -0.15) is 5.10 Å². The summed E-state index contributed by atoms with van der Waals surface area (Å²) in [7, 11) is 2.92. The third-order valence-electron chi connectivity index (χ3n) is 2.60. The Kier molecular flexibility index (Phi) is 3.25. The minimum absolute atomic E-state index is 0.0460. The van der Waals surface area contributed by atoms with Crippen LogP contribution in [0.15, 0.2) is 16.7 Å². The van der Waals surface area contributed by atoms with E-state index in [1.165, 1.54) is 18.0 Å². The molecule has 0 saturated carbocycles. The van der Waals surface area contributed by atoms with Crippen LogP contribution in [0.4, 0.5) is 14.6 Å². The van der Waals surface area contributed by atoms with Gasteiger partial charge in [-0.05, 0) is 15.9 Å². The summed E-state index contributed by atoms with van der Waals surface area (Å²) in [6, 6.07) is 1.09. The molecule has 18 heavy (non-hydrogen) atoms. The maximum Gasteiger partial charge on any atom is 0.152 e. The number of benzene rings is 1. The number of rotatable bonds is 2. The first-order valence-corrected chi connectivity index (χ1v) is 5.76. The van der Waals surface area contributed by atoms with Gasteiger partial charge in [0.1, 0.15) is 17.4 Å². The van der Waals surface area contributed by atoms with Gasteiger partial charge < -0.3 is 10.5 Å². The van der Waals surface area contributed by atoms with Crippen molar-refractivity contribution in [3.8, 4) is 16.9 Å². The zero-order chi connectivity index (χ0) is 13.4. The van der Waals surface area contributed by atoms with Gasteiger partial charge in [-0.3, -0.25) is 4.68 Å². The molecule has 7 heteroatoms. The summed E-state index contributed by atoms with van der Waals surface area (Å²) >= 11 is 3.02. The standard InChI is InChI=1S/C11H10BrF2N3O/c1-17-11(15)5(4-16-17)8-6(13)3-7(18-2)9(12)10(8)14/h3-4H,15H2,1-2H3. The zero-order valence-electron chi connectivity index (χ0n) is 9.67. The van der Waals surface area contributed by atoms with Crippen molar-refractivity contribution < 1.29 is 13.5 Å². The molecule has 0 radical (unpaired) electrons. The molecule has 1 aromatic heterocycles. The SMILES string of the molecule is COc1cc(F)c(-c2cnn(C)c2N)c(F)c1Br. The first kappa shape index (κ1) is 12.8. The normalized spacial score (nSPS) is 10.7. The number of nitrogens with two attached hydrogens (primary N) is 1. The minimum atomic E-state index is -0.772. The van der Waals surface area contributed by atoms with Crippen LogP contribution in [0.5, 0.6) is 5.75 Å². The molecule has 2 aromatic rings. The molecule has 0 spiro atoms. The number of aromatic nitrogens is 2. The first-order valence-electron chi connectivity index (χ1n) is 4.96. The summed E-state index contributed by atoms with van der Waals surface area (Å²) in [5.74, 6) is -1.26. The maximum absolute atomic E-state index is 14.1. The Hall–Kier alpha value is -1.63. The molecule has 0 aliphatic rings. The Bertz CT molecular complexity index is 613. The monoisotopic (exact) mass is 317 g/mol. The summed E-state index contributed by atoms with van der Waals surface area (Å²) in [4.78, 5) is 0. The number of ether oxygens (including phenoxy) is 1. The molecule has 0 atom stereocenters. The quantitative estimate of drug-likeness (QED) is 0.866. The highest BCUT2D eigenvalue weighted by atomic mass is 79.9. The second-order valence-corrected chi connectivity index (χ2v) is 4.42. The predicted octanol–water partition coefficient (Wildman–Crippen LogP) is 2.72. The van der Waals surface area contributed by atoms with Crippen LogP contribution in [-0.4, -0.2) is 16.9 Å². The van der Waals surface area contributed by atoms with E-state index in [1.807, 2.05) is 0 Å². The third-order valence-corrected chi connectivity index (χ3v) is 3.34. The molecule has 0 bridgehead atoms. The Balaban J connectivity index is 2.73. The van der Waals surface area contributed by atoms with Crippen LogP contribution in [0, 0.1) is 11.6 Å². The molecule has 0 fully saturated rings. The smallest absolute Gasteiger partial charge is 0.152 e. The summed E-state index contributed by atoms with van der Waals surface area (Å²) in [5, 5.41) is 3.86. The van der Waals surface area contributed by atoms with E-state index in [1.54, 1.807) is 7.05 Å².